The molecule has 13 heavy (non-hydrogen) atoms. The Kier molecular flexibility index (Phi) is 4.93. The molecular weight excluding hydrogens is 170 g/mol. The van der Waals surface area contributed by atoms with Gasteiger partial charge in [0, 0.05) is 13.2 Å². The van der Waals surface area contributed by atoms with Crippen molar-refractivity contribution in [1.29, 1.82) is 0 Å². The number of hydrogen-bond acceptors (Lipinski definition) is 3. The highest BCUT2D eigenvalue weighted by Gasteiger charge is 2.18. The van der Waals surface area contributed by atoms with Gasteiger partial charge in [-0.25, -0.2) is 4.79 Å². The van der Waals surface area contributed by atoms with Crippen molar-refractivity contribution < 1.29 is 14.3 Å². The maximum atomic E-state index is 10.8. The van der Waals surface area contributed by atoms with Gasteiger partial charge in [-0.1, -0.05) is 6.42 Å². The first kappa shape index (κ1) is 11.8. The first-order chi connectivity index (χ1) is 6.02. The summed E-state index contributed by atoms with van der Waals surface area (Å²) < 4.78 is 9.57. The molecule has 0 aromatic carbocycles. The van der Waals surface area contributed by atoms with Crippen LogP contribution >= 0.6 is 0 Å². The fraction of sp³-hybridized carbons (Fsp3) is 0.667. The summed E-state index contributed by atoms with van der Waals surface area (Å²) in [7, 11) is 0. The molecule has 4 nitrogen and oxygen atoms in total. The molecule has 0 saturated carbocycles. The predicted molar refractivity (Wildman–Crippen MR) is 49.0 cm³/mol. The average Bonchev–Trinajstić information content (AvgIpc) is 2.02. The minimum Gasteiger partial charge on any atom is -0.374 e. The Morgan fingerprint density at radius 3 is 2.69 bits per heavy atom. The van der Waals surface area contributed by atoms with E-state index in [-0.39, 0.29) is 0 Å². The van der Waals surface area contributed by atoms with E-state index in [0.717, 1.165) is 0 Å². The van der Waals surface area contributed by atoms with Crippen molar-refractivity contribution in [3.63, 3.8) is 0 Å². The summed E-state index contributed by atoms with van der Waals surface area (Å²) in [4.78, 5) is 10.8. The second kappa shape index (κ2) is 5.44. The lowest BCUT2D eigenvalue weighted by Crippen LogP contribution is -2.40. The largest absolute Gasteiger partial charge is 0.421 e. The molecule has 0 aliphatic heterocycles. The van der Waals surface area contributed by atoms with Gasteiger partial charge in [-0.15, -0.1) is 0 Å². The van der Waals surface area contributed by atoms with Gasteiger partial charge in [0.25, 0.3) is 0 Å². The van der Waals surface area contributed by atoms with Crippen molar-refractivity contribution in [1.82, 2.24) is 5.32 Å². The second-order valence-electron chi connectivity index (χ2n) is 3.05. The highest BCUT2D eigenvalue weighted by Crippen LogP contribution is 2.06. The number of nitrogens with one attached hydrogen (secondary N) is 1. The van der Waals surface area contributed by atoms with Gasteiger partial charge in [-0.3, -0.25) is 0 Å². The zero-order chi connectivity index (χ0) is 10.3. The number of hydrogen-bond donors (Lipinski definition) is 1. The maximum Gasteiger partial charge on any atom is 0.421 e. The van der Waals surface area contributed by atoms with Crippen LogP contribution in [0.4, 0.5) is 4.79 Å². The summed E-state index contributed by atoms with van der Waals surface area (Å²) in [6.07, 6.45) is 5.92. The van der Waals surface area contributed by atoms with Crippen LogP contribution in [-0.4, -0.2) is 24.8 Å². The van der Waals surface area contributed by atoms with Gasteiger partial charge < -0.3 is 14.8 Å². The zero-order valence-electron chi connectivity index (χ0n) is 8.22. The van der Waals surface area contributed by atoms with Crippen LogP contribution in [0.1, 0.15) is 20.8 Å². The number of alkyl carbamates (subject to hydrolysis) is 1. The van der Waals surface area contributed by atoms with E-state index < -0.39 is 11.7 Å². The first-order valence-corrected chi connectivity index (χ1v) is 4.06. The first-order valence-electron chi connectivity index (χ1n) is 4.06. The van der Waals surface area contributed by atoms with E-state index in [9.17, 15) is 4.79 Å². The standard InChI is InChI=1S/C9H15NO3/c1-5-12-8(11)10-7-9(3,4)13-6-2/h1H,6-7H2,2-4H3,(H,10,11). The quantitative estimate of drug-likeness (QED) is 0.667. The summed E-state index contributed by atoms with van der Waals surface area (Å²) in [5, 5.41) is 2.48. The number of amides is 1. The molecule has 1 amide bonds. The van der Waals surface area contributed by atoms with E-state index in [1.807, 2.05) is 20.8 Å². The van der Waals surface area contributed by atoms with E-state index in [4.69, 9.17) is 11.2 Å². The molecule has 1 N–H and O–H groups in total. The number of terminal acetylenes is 1. The molecule has 0 aromatic heterocycles. The third-order valence-electron chi connectivity index (χ3n) is 1.35. The molecule has 0 rings (SSSR count). The van der Waals surface area contributed by atoms with Crippen molar-refractivity contribution >= 4 is 6.09 Å². The fourth-order valence-electron chi connectivity index (χ4n) is 0.816. The number of carbonyl (C=O) groups is 1. The highest BCUT2D eigenvalue weighted by molar-refractivity contribution is 5.68. The molecule has 0 heterocycles. The molecular formula is C9H15NO3. The number of ether oxygens (including phenoxy) is 2. The van der Waals surface area contributed by atoms with E-state index in [2.05, 4.69) is 10.1 Å². The van der Waals surface area contributed by atoms with Crippen molar-refractivity contribution in [2.45, 2.75) is 26.4 Å². The van der Waals surface area contributed by atoms with Gasteiger partial charge in [-0.05, 0) is 20.8 Å². The van der Waals surface area contributed by atoms with Crippen LogP contribution in [0.15, 0.2) is 0 Å². The van der Waals surface area contributed by atoms with Crippen molar-refractivity contribution in [2.75, 3.05) is 13.2 Å². The average molecular weight is 185 g/mol. The van der Waals surface area contributed by atoms with E-state index in [1.54, 1.807) is 6.11 Å². The molecule has 0 aliphatic carbocycles. The van der Waals surface area contributed by atoms with Gasteiger partial charge in [0.1, 0.15) is 6.11 Å². The van der Waals surface area contributed by atoms with Crippen LogP contribution < -0.4 is 5.32 Å². The number of carbonyl (C=O) groups excluding carboxylic acids is 1. The van der Waals surface area contributed by atoms with Gasteiger partial charge in [-0.2, -0.15) is 0 Å². The lowest BCUT2D eigenvalue weighted by Gasteiger charge is -2.24. The Morgan fingerprint density at radius 1 is 1.62 bits per heavy atom. The van der Waals surface area contributed by atoms with Crippen LogP contribution in [-0.2, 0) is 9.47 Å². The molecule has 74 valence electrons. The minimum absolute atomic E-state index is 0.362. The monoisotopic (exact) mass is 185 g/mol. The lowest BCUT2D eigenvalue weighted by molar-refractivity contribution is -0.00802. The summed E-state index contributed by atoms with van der Waals surface area (Å²) in [5.74, 6) is 0. The Morgan fingerprint density at radius 2 is 2.23 bits per heavy atom. The predicted octanol–water partition coefficient (Wildman–Crippen LogP) is 1.12. The zero-order valence-corrected chi connectivity index (χ0v) is 8.22. The van der Waals surface area contributed by atoms with Crippen molar-refractivity contribution in [2.24, 2.45) is 0 Å². The topological polar surface area (TPSA) is 47.6 Å². The summed E-state index contributed by atoms with van der Waals surface area (Å²) >= 11 is 0. The molecule has 0 spiro atoms. The van der Waals surface area contributed by atoms with Crippen LogP contribution in [0.5, 0.6) is 0 Å². The van der Waals surface area contributed by atoms with Crippen LogP contribution in [0.25, 0.3) is 0 Å². The van der Waals surface area contributed by atoms with Gasteiger partial charge in [0.05, 0.1) is 5.60 Å². The Balaban J connectivity index is 3.75. The SMILES string of the molecule is C#COC(=O)NCC(C)(C)OCC. The molecule has 0 fully saturated rings. The molecule has 0 atom stereocenters. The Bertz CT molecular complexity index is 205. The lowest BCUT2D eigenvalue weighted by atomic mass is 10.1. The van der Waals surface area contributed by atoms with Gasteiger partial charge in [0.2, 0.25) is 0 Å². The molecule has 0 bridgehead atoms. The Hall–Kier alpha value is -1.21. The molecule has 0 saturated heterocycles. The maximum absolute atomic E-state index is 10.8. The van der Waals surface area contributed by atoms with E-state index in [1.165, 1.54) is 0 Å². The fourth-order valence-corrected chi connectivity index (χ4v) is 0.816. The third-order valence-corrected chi connectivity index (χ3v) is 1.35. The van der Waals surface area contributed by atoms with Crippen LogP contribution in [0.3, 0.4) is 0 Å². The second-order valence-corrected chi connectivity index (χ2v) is 3.05. The third kappa shape index (κ3) is 6.00. The van der Waals surface area contributed by atoms with Crippen molar-refractivity contribution in [3.8, 4) is 12.5 Å². The Labute approximate surface area is 78.6 Å². The van der Waals surface area contributed by atoms with Crippen molar-refractivity contribution in [3.05, 3.63) is 0 Å². The summed E-state index contributed by atoms with van der Waals surface area (Å²) in [5.41, 5.74) is -0.400. The van der Waals surface area contributed by atoms with Gasteiger partial charge >= 0.3 is 6.09 Å². The van der Waals surface area contributed by atoms with E-state index >= 15 is 0 Å². The summed E-state index contributed by atoms with van der Waals surface area (Å²) in [6.45, 7) is 6.58. The summed E-state index contributed by atoms with van der Waals surface area (Å²) in [6, 6.07) is 0. The number of rotatable bonds is 4. The molecule has 0 aliphatic rings. The van der Waals surface area contributed by atoms with Gasteiger partial charge in [0.15, 0.2) is 0 Å². The molecule has 0 aromatic rings. The normalized spacial score (nSPS) is 10.3. The molecule has 4 heteroatoms. The smallest absolute Gasteiger partial charge is 0.374 e. The highest BCUT2D eigenvalue weighted by atomic mass is 16.5. The van der Waals surface area contributed by atoms with Crippen LogP contribution in [0, 0.1) is 12.5 Å². The molecule has 0 unspecified atom stereocenters. The van der Waals surface area contributed by atoms with E-state index in [0.29, 0.717) is 13.2 Å². The molecule has 0 radical (unpaired) electrons. The van der Waals surface area contributed by atoms with Crippen LogP contribution in [0.2, 0.25) is 0 Å². The minimum atomic E-state index is -0.629.